The highest BCUT2D eigenvalue weighted by atomic mass is 16.6. The van der Waals surface area contributed by atoms with Crippen LogP contribution in [0.15, 0.2) is 0 Å². The summed E-state index contributed by atoms with van der Waals surface area (Å²) in [6.07, 6.45) is 18.8. The first-order valence-corrected chi connectivity index (χ1v) is 12.6. The van der Waals surface area contributed by atoms with Crippen LogP contribution in [0, 0.1) is 11.8 Å². The lowest BCUT2D eigenvalue weighted by Gasteiger charge is -2.12. The minimum atomic E-state index is -1.83. The van der Waals surface area contributed by atoms with Crippen LogP contribution in [-0.2, 0) is 0 Å². The molecule has 184 valence electrons. The lowest BCUT2D eigenvalue weighted by atomic mass is 9.96. The van der Waals surface area contributed by atoms with E-state index in [2.05, 4.69) is 27.7 Å². The van der Waals surface area contributed by atoms with E-state index in [1.54, 1.807) is 0 Å². The topological polar surface area (TPSA) is 98.0 Å². The van der Waals surface area contributed by atoms with E-state index in [0.717, 1.165) is 0 Å². The molecule has 2 unspecified atom stereocenters. The molecule has 0 radical (unpaired) electrons. The van der Waals surface area contributed by atoms with Gasteiger partial charge in [0.05, 0.1) is 0 Å². The fraction of sp³-hybridized carbons (Fsp3) is 0.960. The summed E-state index contributed by atoms with van der Waals surface area (Å²) < 4.78 is 0. The van der Waals surface area contributed by atoms with Crippen molar-refractivity contribution >= 4 is 6.16 Å². The van der Waals surface area contributed by atoms with Crippen LogP contribution in [0.25, 0.3) is 0 Å². The van der Waals surface area contributed by atoms with Gasteiger partial charge in [-0.25, -0.2) is 4.79 Å². The van der Waals surface area contributed by atoms with Crippen molar-refractivity contribution in [2.24, 2.45) is 11.8 Å². The summed E-state index contributed by atoms with van der Waals surface area (Å²) in [6.45, 7) is 9.69. The van der Waals surface area contributed by atoms with Crippen molar-refractivity contribution in [2.45, 2.75) is 130 Å². The Morgan fingerprint density at radius 3 is 1.03 bits per heavy atom. The molecular formula is C25H54O5. The molecule has 0 aliphatic heterocycles. The molecule has 0 aromatic rings. The van der Waals surface area contributed by atoms with Gasteiger partial charge in [-0.1, -0.05) is 105 Å². The van der Waals surface area contributed by atoms with Gasteiger partial charge in [0.2, 0.25) is 0 Å². The number of carboxylic acid groups (broad SMARTS) is 2. The molecule has 5 nitrogen and oxygen atoms in total. The van der Waals surface area contributed by atoms with E-state index in [1.807, 2.05) is 0 Å². The van der Waals surface area contributed by atoms with E-state index in [-0.39, 0.29) is 0 Å². The quantitative estimate of drug-likeness (QED) is 0.165. The molecule has 0 rings (SSSR count). The molecule has 0 bridgehead atoms. The van der Waals surface area contributed by atoms with Crippen LogP contribution < -0.4 is 0 Å². The van der Waals surface area contributed by atoms with Gasteiger partial charge >= 0.3 is 6.16 Å². The Bertz CT molecular complexity index is 282. The van der Waals surface area contributed by atoms with E-state index in [0.29, 0.717) is 25.0 Å². The second kappa shape index (κ2) is 30.4. The van der Waals surface area contributed by atoms with Gasteiger partial charge < -0.3 is 20.4 Å². The molecule has 0 saturated heterocycles. The SMILES string of the molecule is CCCCCCC(CO)CCCC.CCCCCCC(CO)CCCC.O=C(O)O. The smallest absolute Gasteiger partial charge is 0.450 e. The van der Waals surface area contributed by atoms with Crippen LogP contribution >= 0.6 is 0 Å². The second-order valence-corrected chi connectivity index (χ2v) is 8.36. The average Bonchev–Trinajstić information content (AvgIpc) is 2.73. The number of rotatable bonds is 18. The maximum atomic E-state index is 9.11. The first kappa shape index (κ1) is 33.8. The summed E-state index contributed by atoms with van der Waals surface area (Å²) in [4.78, 5) is 8.56. The Kier molecular flexibility index (Phi) is 34.3. The van der Waals surface area contributed by atoms with E-state index in [9.17, 15) is 0 Å². The minimum Gasteiger partial charge on any atom is -0.450 e. The number of aliphatic hydroxyl groups is 2. The Morgan fingerprint density at radius 2 is 0.800 bits per heavy atom. The zero-order valence-electron chi connectivity index (χ0n) is 20.6. The highest BCUT2D eigenvalue weighted by Gasteiger charge is 2.06. The van der Waals surface area contributed by atoms with Crippen molar-refractivity contribution in [1.29, 1.82) is 0 Å². The molecule has 0 aromatic carbocycles. The monoisotopic (exact) mass is 434 g/mol. The Balaban J connectivity index is -0.000000412. The molecule has 4 N–H and O–H groups in total. The summed E-state index contributed by atoms with van der Waals surface area (Å²) >= 11 is 0. The second-order valence-electron chi connectivity index (χ2n) is 8.36. The van der Waals surface area contributed by atoms with Crippen LogP contribution in [0.5, 0.6) is 0 Å². The molecule has 0 heterocycles. The van der Waals surface area contributed by atoms with E-state index in [1.165, 1.54) is 103 Å². The summed E-state index contributed by atoms with van der Waals surface area (Å²) in [5, 5.41) is 32.2. The predicted molar refractivity (Wildman–Crippen MR) is 128 cm³/mol. The molecule has 0 aliphatic carbocycles. The van der Waals surface area contributed by atoms with Gasteiger partial charge in [-0.05, 0) is 37.5 Å². The van der Waals surface area contributed by atoms with Crippen LogP contribution in [0.1, 0.15) is 130 Å². The van der Waals surface area contributed by atoms with E-state index < -0.39 is 6.16 Å². The van der Waals surface area contributed by atoms with E-state index >= 15 is 0 Å². The largest absolute Gasteiger partial charge is 0.503 e. The van der Waals surface area contributed by atoms with Gasteiger partial charge in [-0.2, -0.15) is 0 Å². The van der Waals surface area contributed by atoms with Gasteiger partial charge in [0.15, 0.2) is 0 Å². The fourth-order valence-electron chi connectivity index (χ4n) is 3.36. The molecule has 30 heavy (non-hydrogen) atoms. The van der Waals surface area contributed by atoms with Gasteiger partial charge in [0.1, 0.15) is 0 Å². The van der Waals surface area contributed by atoms with Crippen LogP contribution in [-0.4, -0.2) is 39.8 Å². The van der Waals surface area contributed by atoms with Crippen LogP contribution in [0.4, 0.5) is 4.79 Å². The van der Waals surface area contributed by atoms with Crippen LogP contribution in [0.3, 0.4) is 0 Å². The normalized spacial score (nSPS) is 12.2. The van der Waals surface area contributed by atoms with Crippen molar-refractivity contribution in [2.75, 3.05) is 13.2 Å². The Morgan fingerprint density at radius 1 is 0.533 bits per heavy atom. The zero-order valence-corrected chi connectivity index (χ0v) is 20.6. The summed E-state index contributed by atoms with van der Waals surface area (Å²) in [5.74, 6) is 1.16. The van der Waals surface area contributed by atoms with Crippen molar-refractivity contribution in [3.63, 3.8) is 0 Å². The minimum absolute atomic E-state index is 0.395. The molecule has 5 heteroatoms. The molecule has 0 aliphatic rings. The maximum absolute atomic E-state index is 9.11. The van der Waals surface area contributed by atoms with Crippen molar-refractivity contribution in [3.8, 4) is 0 Å². The molecule has 0 saturated carbocycles. The first-order chi connectivity index (χ1) is 14.4. The summed E-state index contributed by atoms with van der Waals surface area (Å²) in [7, 11) is 0. The Hall–Kier alpha value is -0.810. The number of hydrogen-bond acceptors (Lipinski definition) is 3. The molecule has 0 amide bonds. The van der Waals surface area contributed by atoms with Gasteiger partial charge in [0.25, 0.3) is 0 Å². The lowest BCUT2D eigenvalue weighted by molar-refractivity contribution is 0.137. The third kappa shape index (κ3) is 34.7. The molecule has 2 atom stereocenters. The maximum Gasteiger partial charge on any atom is 0.503 e. The fourth-order valence-corrected chi connectivity index (χ4v) is 3.36. The predicted octanol–water partition coefficient (Wildman–Crippen LogP) is 7.73. The lowest BCUT2D eigenvalue weighted by Crippen LogP contribution is -2.05. The first-order valence-electron chi connectivity index (χ1n) is 12.6. The molecule has 0 fully saturated rings. The number of unbranched alkanes of at least 4 members (excludes halogenated alkanes) is 8. The number of hydrogen-bond donors (Lipinski definition) is 4. The molecular weight excluding hydrogens is 380 g/mol. The third-order valence-electron chi connectivity index (χ3n) is 5.38. The highest BCUT2D eigenvalue weighted by Crippen LogP contribution is 2.17. The Labute approximate surface area is 187 Å². The third-order valence-corrected chi connectivity index (χ3v) is 5.38. The number of carbonyl (C=O) groups is 1. The summed E-state index contributed by atoms with van der Waals surface area (Å²) in [6, 6.07) is 0. The van der Waals surface area contributed by atoms with Crippen molar-refractivity contribution in [1.82, 2.24) is 0 Å². The highest BCUT2D eigenvalue weighted by molar-refractivity contribution is 5.53. The van der Waals surface area contributed by atoms with Gasteiger partial charge in [-0.3, -0.25) is 0 Å². The van der Waals surface area contributed by atoms with E-state index in [4.69, 9.17) is 25.2 Å². The standard InChI is InChI=1S/2C12H26O.CH2O3/c2*1-3-5-7-8-10-12(11-13)9-6-4-2;2-1(3)4/h2*12-13H,3-11H2,1-2H3;(H2,2,3,4). The zero-order chi connectivity index (χ0) is 23.5. The number of aliphatic hydroxyl groups excluding tert-OH is 2. The van der Waals surface area contributed by atoms with Crippen LogP contribution in [0.2, 0.25) is 0 Å². The summed E-state index contributed by atoms with van der Waals surface area (Å²) in [5.41, 5.74) is 0. The molecule has 0 spiro atoms. The van der Waals surface area contributed by atoms with Gasteiger partial charge in [0, 0.05) is 13.2 Å². The average molecular weight is 435 g/mol. The van der Waals surface area contributed by atoms with Crippen molar-refractivity contribution < 1.29 is 25.2 Å². The van der Waals surface area contributed by atoms with Gasteiger partial charge in [-0.15, -0.1) is 0 Å². The van der Waals surface area contributed by atoms with Crippen molar-refractivity contribution in [3.05, 3.63) is 0 Å². The molecule has 0 aromatic heterocycles.